The summed E-state index contributed by atoms with van der Waals surface area (Å²) in [5.41, 5.74) is 2.71. The lowest BCUT2D eigenvalue weighted by atomic mass is 10.0. The Labute approximate surface area is 116 Å². The monoisotopic (exact) mass is 268 g/mol. The Balaban J connectivity index is 2.06. The molecule has 3 rings (SSSR count). The third kappa shape index (κ3) is 2.34. The first-order valence-corrected chi connectivity index (χ1v) is 6.64. The molecule has 1 aromatic carbocycles. The van der Waals surface area contributed by atoms with Gasteiger partial charge in [0, 0.05) is 18.3 Å². The van der Waals surface area contributed by atoms with Gasteiger partial charge in [0.2, 0.25) is 0 Å². The van der Waals surface area contributed by atoms with Crippen LogP contribution in [0.3, 0.4) is 0 Å². The van der Waals surface area contributed by atoms with Crippen molar-refractivity contribution in [2.24, 2.45) is 0 Å². The summed E-state index contributed by atoms with van der Waals surface area (Å²) in [4.78, 5) is 19.5. The van der Waals surface area contributed by atoms with Gasteiger partial charge in [-0.15, -0.1) is 0 Å². The Morgan fingerprint density at radius 1 is 1.25 bits per heavy atom. The summed E-state index contributed by atoms with van der Waals surface area (Å²) in [5.74, 6) is 1.03. The summed E-state index contributed by atoms with van der Waals surface area (Å²) in [6.45, 7) is 4.21. The molecular formula is C15H16N4O. The lowest BCUT2D eigenvalue weighted by Crippen LogP contribution is -2.12. The molecule has 0 atom stereocenters. The molecule has 2 aromatic heterocycles. The fraction of sp³-hybridized carbons (Fsp3) is 0.267. The molecular weight excluding hydrogens is 252 g/mol. The largest absolute Gasteiger partial charge is 0.310 e. The summed E-state index contributed by atoms with van der Waals surface area (Å²) in [5, 5.41) is 7.40. The smallest absolute Gasteiger partial charge is 0.258 e. The number of nitrogens with one attached hydrogen (secondary N) is 2. The molecule has 0 amide bonds. The fourth-order valence-corrected chi connectivity index (χ4v) is 2.21. The van der Waals surface area contributed by atoms with Crippen LogP contribution in [0, 0.1) is 0 Å². The minimum Gasteiger partial charge on any atom is -0.310 e. The van der Waals surface area contributed by atoms with Crippen LogP contribution in [0.5, 0.6) is 0 Å². The molecule has 0 fully saturated rings. The number of H-pyrrole nitrogens is 2. The number of hydrogen-bond donors (Lipinski definition) is 2. The van der Waals surface area contributed by atoms with Gasteiger partial charge < -0.3 is 4.98 Å². The van der Waals surface area contributed by atoms with Crippen molar-refractivity contribution in [3.05, 3.63) is 57.9 Å². The van der Waals surface area contributed by atoms with Gasteiger partial charge in [0.1, 0.15) is 5.82 Å². The Kier molecular flexibility index (Phi) is 3.10. The zero-order valence-electron chi connectivity index (χ0n) is 11.5. The summed E-state index contributed by atoms with van der Waals surface area (Å²) >= 11 is 0. The van der Waals surface area contributed by atoms with E-state index < -0.39 is 0 Å². The predicted molar refractivity (Wildman–Crippen MR) is 77.8 cm³/mol. The van der Waals surface area contributed by atoms with Crippen molar-refractivity contribution in [1.29, 1.82) is 0 Å². The Bertz CT molecular complexity index is 787. The number of fused-ring (bicyclic) bond motifs is 1. The third-order valence-corrected chi connectivity index (χ3v) is 3.36. The van der Waals surface area contributed by atoms with E-state index >= 15 is 0 Å². The Morgan fingerprint density at radius 2 is 2.10 bits per heavy atom. The van der Waals surface area contributed by atoms with Crippen LogP contribution >= 0.6 is 0 Å². The highest BCUT2D eigenvalue weighted by Crippen LogP contribution is 2.18. The first kappa shape index (κ1) is 12.6. The number of nitrogens with zero attached hydrogens (tertiary/aromatic N) is 2. The second-order valence-electron chi connectivity index (χ2n) is 5.20. The molecule has 0 unspecified atom stereocenters. The SMILES string of the molecule is CC(C)c1ccc2nc(Cc3ccn[nH]3)[nH]c(=O)c2c1. The average molecular weight is 268 g/mol. The van der Waals surface area contributed by atoms with Crippen LogP contribution in [0.15, 0.2) is 35.3 Å². The summed E-state index contributed by atoms with van der Waals surface area (Å²) in [7, 11) is 0. The molecule has 20 heavy (non-hydrogen) atoms. The average Bonchev–Trinajstić information content (AvgIpc) is 2.91. The van der Waals surface area contributed by atoms with Gasteiger partial charge in [-0.1, -0.05) is 19.9 Å². The summed E-state index contributed by atoms with van der Waals surface area (Å²) in [6.07, 6.45) is 2.22. The normalized spacial score (nSPS) is 11.3. The van der Waals surface area contributed by atoms with E-state index in [1.807, 2.05) is 24.3 Å². The molecule has 3 aromatic rings. The molecule has 5 heteroatoms. The molecule has 0 aliphatic carbocycles. The fourth-order valence-electron chi connectivity index (χ4n) is 2.21. The zero-order valence-corrected chi connectivity index (χ0v) is 11.5. The van der Waals surface area contributed by atoms with Crippen molar-refractivity contribution in [2.75, 3.05) is 0 Å². The molecule has 2 heterocycles. The maximum Gasteiger partial charge on any atom is 0.258 e. The van der Waals surface area contributed by atoms with Crippen molar-refractivity contribution in [3.8, 4) is 0 Å². The number of benzene rings is 1. The molecule has 102 valence electrons. The third-order valence-electron chi connectivity index (χ3n) is 3.36. The van der Waals surface area contributed by atoms with Crippen molar-refractivity contribution in [1.82, 2.24) is 20.2 Å². The van der Waals surface area contributed by atoms with Crippen LogP contribution in [-0.4, -0.2) is 20.2 Å². The van der Waals surface area contributed by atoms with E-state index in [4.69, 9.17) is 0 Å². The van der Waals surface area contributed by atoms with Gasteiger partial charge in [0.05, 0.1) is 10.9 Å². The Morgan fingerprint density at radius 3 is 2.80 bits per heavy atom. The molecule has 2 N–H and O–H groups in total. The second kappa shape index (κ2) is 4.92. The van der Waals surface area contributed by atoms with E-state index in [0.29, 0.717) is 23.5 Å². The summed E-state index contributed by atoms with van der Waals surface area (Å²) in [6, 6.07) is 7.73. The molecule has 5 nitrogen and oxygen atoms in total. The molecule has 0 spiro atoms. The van der Waals surface area contributed by atoms with Crippen molar-refractivity contribution < 1.29 is 0 Å². The van der Waals surface area contributed by atoms with E-state index in [2.05, 4.69) is 34.0 Å². The van der Waals surface area contributed by atoms with Gasteiger partial charge in [-0.05, 0) is 29.7 Å². The Hall–Kier alpha value is -2.43. The van der Waals surface area contributed by atoms with Gasteiger partial charge in [0.15, 0.2) is 0 Å². The van der Waals surface area contributed by atoms with Crippen LogP contribution < -0.4 is 5.56 Å². The van der Waals surface area contributed by atoms with Gasteiger partial charge in [-0.2, -0.15) is 5.10 Å². The standard InChI is InChI=1S/C15H16N4O/c1-9(2)10-3-4-13-12(7-10)15(20)18-14(17-13)8-11-5-6-16-19-11/h3-7,9H,8H2,1-2H3,(H,16,19)(H,17,18,20). The number of aromatic amines is 2. The van der Waals surface area contributed by atoms with E-state index in [1.54, 1.807) is 6.20 Å². The van der Waals surface area contributed by atoms with Gasteiger partial charge in [-0.25, -0.2) is 4.98 Å². The molecule has 0 aliphatic rings. The second-order valence-corrected chi connectivity index (χ2v) is 5.20. The molecule has 0 saturated carbocycles. The van der Waals surface area contributed by atoms with Crippen molar-refractivity contribution in [3.63, 3.8) is 0 Å². The van der Waals surface area contributed by atoms with E-state index in [-0.39, 0.29) is 5.56 Å². The topological polar surface area (TPSA) is 74.4 Å². The van der Waals surface area contributed by atoms with Crippen molar-refractivity contribution >= 4 is 10.9 Å². The maximum absolute atomic E-state index is 12.2. The maximum atomic E-state index is 12.2. The molecule has 0 bridgehead atoms. The van der Waals surface area contributed by atoms with E-state index in [0.717, 1.165) is 16.8 Å². The minimum atomic E-state index is -0.0907. The van der Waals surface area contributed by atoms with Crippen LogP contribution in [0.2, 0.25) is 0 Å². The van der Waals surface area contributed by atoms with Gasteiger partial charge >= 0.3 is 0 Å². The number of rotatable bonds is 3. The van der Waals surface area contributed by atoms with E-state index in [1.165, 1.54) is 0 Å². The van der Waals surface area contributed by atoms with Crippen LogP contribution in [0.4, 0.5) is 0 Å². The van der Waals surface area contributed by atoms with Gasteiger partial charge in [0.25, 0.3) is 5.56 Å². The summed E-state index contributed by atoms with van der Waals surface area (Å²) < 4.78 is 0. The zero-order chi connectivity index (χ0) is 14.1. The van der Waals surface area contributed by atoms with Crippen LogP contribution in [-0.2, 0) is 6.42 Å². The van der Waals surface area contributed by atoms with Crippen molar-refractivity contribution in [2.45, 2.75) is 26.2 Å². The lowest BCUT2D eigenvalue weighted by Gasteiger charge is -2.07. The highest BCUT2D eigenvalue weighted by molar-refractivity contribution is 5.78. The molecule has 0 radical (unpaired) electrons. The lowest BCUT2D eigenvalue weighted by molar-refractivity contribution is 0.867. The van der Waals surface area contributed by atoms with E-state index in [9.17, 15) is 4.79 Å². The number of aromatic nitrogens is 4. The van der Waals surface area contributed by atoms with Crippen LogP contribution in [0.25, 0.3) is 10.9 Å². The predicted octanol–water partition coefficient (Wildman–Crippen LogP) is 2.36. The molecule has 0 aliphatic heterocycles. The number of hydrogen-bond acceptors (Lipinski definition) is 3. The quantitative estimate of drug-likeness (QED) is 0.765. The molecule has 0 saturated heterocycles. The highest BCUT2D eigenvalue weighted by Gasteiger charge is 2.07. The first-order chi connectivity index (χ1) is 9.63. The van der Waals surface area contributed by atoms with Gasteiger partial charge in [-0.3, -0.25) is 9.89 Å². The first-order valence-electron chi connectivity index (χ1n) is 6.64. The highest BCUT2D eigenvalue weighted by atomic mass is 16.1. The minimum absolute atomic E-state index is 0.0907. The van der Waals surface area contributed by atoms with Crippen LogP contribution in [0.1, 0.15) is 36.8 Å².